The van der Waals surface area contributed by atoms with E-state index in [2.05, 4.69) is 39.9 Å². The Hall–Kier alpha value is -1.06. The van der Waals surface area contributed by atoms with Gasteiger partial charge >= 0.3 is 0 Å². The summed E-state index contributed by atoms with van der Waals surface area (Å²) < 4.78 is 0. The van der Waals surface area contributed by atoms with Gasteiger partial charge < -0.3 is 10.2 Å². The zero-order valence-corrected chi connectivity index (χ0v) is 14.3. The van der Waals surface area contributed by atoms with Crippen LogP contribution in [0.2, 0.25) is 0 Å². The lowest BCUT2D eigenvalue weighted by atomic mass is 9.98. The van der Waals surface area contributed by atoms with Gasteiger partial charge in [-0.2, -0.15) is 0 Å². The van der Waals surface area contributed by atoms with E-state index in [1.54, 1.807) is 0 Å². The molecule has 120 valence electrons. The number of nitrogens with zero attached hydrogens (tertiary/aromatic N) is 1. The summed E-state index contributed by atoms with van der Waals surface area (Å²) in [6.45, 7) is 14.5. The van der Waals surface area contributed by atoms with Crippen LogP contribution in [0.25, 0.3) is 0 Å². The number of amides is 2. The lowest BCUT2D eigenvalue weighted by molar-refractivity contribution is -0.135. The summed E-state index contributed by atoms with van der Waals surface area (Å²) in [5.74, 6) is 0.807. The highest BCUT2D eigenvalue weighted by Gasteiger charge is 2.64. The molecule has 0 aromatic carbocycles. The summed E-state index contributed by atoms with van der Waals surface area (Å²) in [7, 11) is 0. The Balaban J connectivity index is 2.12. The van der Waals surface area contributed by atoms with Gasteiger partial charge in [0.15, 0.2) is 0 Å². The molecule has 1 saturated carbocycles. The predicted molar refractivity (Wildman–Crippen MR) is 83.6 cm³/mol. The van der Waals surface area contributed by atoms with Gasteiger partial charge in [-0.25, -0.2) is 0 Å². The van der Waals surface area contributed by atoms with Crippen molar-refractivity contribution in [3.05, 3.63) is 0 Å². The first-order valence-corrected chi connectivity index (χ1v) is 8.21. The van der Waals surface area contributed by atoms with Gasteiger partial charge in [-0.05, 0) is 22.7 Å². The molecule has 4 heteroatoms. The van der Waals surface area contributed by atoms with Crippen LogP contribution in [0.1, 0.15) is 54.4 Å². The number of nitrogens with one attached hydrogen (secondary N) is 1. The zero-order chi connectivity index (χ0) is 16.0. The molecular formula is C17H30N2O2. The summed E-state index contributed by atoms with van der Waals surface area (Å²) in [4.78, 5) is 26.6. The van der Waals surface area contributed by atoms with E-state index in [9.17, 15) is 9.59 Å². The summed E-state index contributed by atoms with van der Waals surface area (Å²) in [5, 5.41) is 2.91. The fraction of sp³-hybridized carbons (Fsp3) is 0.882. The van der Waals surface area contributed by atoms with E-state index in [1.165, 1.54) is 0 Å². The van der Waals surface area contributed by atoms with Crippen molar-refractivity contribution in [3.8, 4) is 0 Å². The van der Waals surface area contributed by atoms with E-state index in [-0.39, 0.29) is 34.6 Å². The molecule has 2 unspecified atom stereocenters. The monoisotopic (exact) mass is 294 g/mol. The highest BCUT2D eigenvalue weighted by Crippen LogP contribution is 2.68. The molecule has 1 aliphatic heterocycles. The molecule has 0 bridgehead atoms. The first kappa shape index (κ1) is 16.3. The molecule has 1 N–H and O–H groups in total. The Morgan fingerprint density at radius 2 is 1.81 bits per heavy atom. The molecular weight excluding hydrogens is 264 g/mol. The Morgan fingerprint density at radius 1 is 1.24 bits per heavy atom. The van der Waals surface area contributed by atoms with Crippen LogP contribution < -0.4 is 5.32 Å². The molecule has 2 fully saturated rings. The fourth-order valence-electron chi connectivity index (χ4n) is 3.66. The summed E-state index contributed by atoms with van der Waals surface area (Å²) in [6.07, 6.45) is 1.32. The molecule has 2 aliphatic rings. The van der Waals surface area contributed by atoms with Crippen molar-refractivity contribution in [1.29, 1.82) is 0 Å². The lowest BCUT2D eigenvalue weighted by Gasteiger charge is -2.27. The van der Waals surface area contributed by atoms with Crippen LogP contribution in [0.5, 0.6) is 0 Å². The second-order valence-corrected chi connectivity index (χ2v) is 7.96. The summed E-state index contributed by atoms with van der Waals surface area (Å²) >= 11 is 0. The zero-order valence-electron chi connectivity index (χ0n) is 14.3. The first-order valence-electron chi connectivity index (χ1n) is 8.21. The van der Waals surface area contributed by atoms with Crippen molar-refractivity contribution in [2.75, 3.05) is 13.1 Å². The maximum atomic E-state index is 12.8. The number of hydrogen-bond acceptors (Lipinski definition) is 2. The van der Waals surface area contributed by atoms with E-state index in [0.717, 1.165) is 13.0 Å². The van der Waals surface area contributed by atoms with Crippen LogP contribution in [0.3, 0.4) is 0 Å². The smallest absolute Gasteiger partial charge is 0.245 e. The third-order valence-corrected chi connectivity index (χ3v) is 6.44. The van der Waals surface area contributed by atoms with E-state index < -0.39 is 0 Å². The molecule has 0 aromatic heterocycles. The van der Waals surface area contributed by atoms with Gasteiger partial charge in [-0.3, -0.25) is 9.59 Å². The number of hydrogen-bond donors (Lipinski definition) is 1. The van der Waals surface area contributed by atoms with E-state index in [1.807, 2.05) is 11.8 Å². The molecule has 1 aliphatic carbocycles. The van der Waals surface area contributed by atoms with Crippen molar-refractivity contribution < 1.29 is 9.59 Å². The van der Waals surface area contributed by atoms with Crippen LogP contribution in [-0.4, -0.2) is 35.8 Å². The van der Waals surface area contributed by atoms with Gasteiger partial charge in [0.25, 0.3) is 0 Å². The summed E-state index contributed by atoms with van der Waals surface area (Å²) in [5.41, 5.74) is 0.534. The maximum absolute atomic E-state index is 12.8. The van der Waals surface area contributed by atoms with Crippen molar-refractivity contribution in [2.45, 2.75) is 60.4 Å². The average Bonchev–Trinajstić information content (AvgIpc) is 2.86. The largest absolute Gasteiger partial charge is 0.344 e. The van der Waals surface area contributed by atoms with Crippen LogP contribution >= 0.6 is 0 Å². The normalized spacial score (nSPS) is 29.8. The van der Waals surface area contributed by atoms with Crippen molar-refractivity contribution in [2.24, 2.45) is 22.7 Å². The standard InChI is InChI=1S/C17H30N2O2/c1-7-11(2)14-15(21)19(9-8-13(20)18-14)10-12-16(3,4)17(12,5)6/h11-12,14H,7-10H2,1-6H3,(H,18,20). The second-order valence-electron chi connectivity index (χ2n) is 7.96. The summed E-state index contributed by atoms with van der Waals surface area (Å²) in [6, 6.07) is -0.352. The third kappa shape index (κ3) is 2.69. The van der Waals surface area contributed by atoms with Crippen LogP contribution in [0, 0.1) is 22.7 Å². The van der Waals surface area contributed by atoms with Crippen molar-refractivity contribution in [1.82, 2.24) is 10.2 Å². The highest BCUT2D eigenvalue weighted by atomic mass is 16.2. The Morgan fingerprint density at radius 3 is 2.29 bits per heavy atom. The van der Waals surface area contributed by atoms with Crippen LogP contribution in [-0.2, 0) is 9.59 Å². The molecule has 2 amide bonds. The van der Waals surface area contributed by atoms with E-state index >= 15 is 0 Å². The second kappa shape index (κ2) is 5.29. The predicted octanol–water partition coefficient (Wildman–Crippen LogP) is 2.43. The Kier molecular flexibility index (Phi) is 4.11. The molecule has 4 nitrogen and oxygen atoms in total. The molecule has 1 heterocycles. The quantitative estimate of drug-likeness (QED) is 0.865. The van der Waals surface area contributed by atoms with Gasteiger partial charge in [-0.1, -0.05) is 48.0 Å². The topological polar surface area (TPSA) is 49.4 Å². The minimum absolute atomic E-state index is 0.00506. The maximum Gasteiger partial charge on any atom is 0.245 e. The third-order valence-electron chi connectivity index (χ3n) is 6.44. The minimum Gasteiger partial charge on any atom is -0.344 e. The van der Waals surface area contributed by atoms with Gasteiger partial charge in [0.2, 0.25) is 11.8 Å². The molecule has 0 radical (unpaired) electrons. The Labute approximate surface area is 128 Å². The van der Waals surface area contributed by atoms with Gasteiger partial charge in [0.1, 0.15) is 6.04 Å². The van der Waals surface area contributed by atoms with Crippen LogP contribution in [0.4, 0.5) is 0 Å². The Bertz CT molecular complexity index is 428. The van der Waals surface area contributed by atoms with Gasteiger partial charge in [-0.15, -0.1) is 0 Å². The first-order chi connectivity index (χ1) is 9.62. The molecule has 2 rings (SSSR count). The van der Waals surface area contributed by atoms with E-state index in [0.29, 0.717) is 18.9 Å². The number of carbonyl (C=O) groups is 2. The number of carbonyl (C=O) groups excluding carboxylic acids is 2. The fourth-order valence-corrected chi connectivity index (χ4v) is 3.66. The molecule has 2 atom stereocenters. The molecule has 21 heavy (non-hydrogen) atoms. The lowest BCUT2D eigenvalue weighted by Crippen LogP contribution is -2.48. The van der Waals surface area contributed by atoms with Gasteiger partial charge in [0.05, 0.1) is 0 Å². The van der Waals surface area contributed by atoms with Crippen LogP contribution in [0.15, 0.2) is 0 Å². The molecule has 1 saturated heterocycles. The SMILES string of the molecule is CCC(C)C1NC(=O)CCN(CC2C(C)(C)C2(C)C)C1=O. The van der Waals surface area contributed by atoms with Crippen molar-refractivity contribution >= 4 is 11.8 Å². The molecule has 0 aromatic rings. The number of rotatable bonds is 4. The molecule has 0 spiro atoms. The minimum atomic E-state index is -0.352. The van der Waals surface area contributed by atoms with Gasteiger partial charge in [0, 0.05) is 19.5 Å². The average molecular weight is 294 g/mol. The van der Waals surface area contributed by atoms with Crippen molar-refractivity contribution in [3.63, 3.8) is 0 Å². The highest BCUT2D eigenvalue weighted by molar-refractivity contribution is 5.90. The van der Waals surface area contributed by atoms with E-state index in [4.69, 9.17) is 0 Å².